The standard InChI is InChI=1S/C27H39N3O4/c31-25-11-2-1-4-15-28(25)18-14-26(32)29-16-7-19-34-24-10-6-8-22(20-24)12-13-23-9-3-5-17-30(23)27(33)21-29/h6,8,10,20,23H,1-5,7,9,11-19,21H2. The SMILES string of the molecule is O=C1CCCCCN1CCC(=O)N1CCCOc2cccc(c2)CCC2CCCCN2C(=O)C1. The molecule has 3 aliphatic heterocycles. The quantitative estimate of drug-likeness (QED) is 0.680. The Bertz CT molecular complexity index is 858. The molecule has 0 radical (unpaired) electrons. The van der Waals surface area contributed by atoms with E-state index in [0.29, 0.717) is 32.5 Å². The molecular weight excluding hydrogens is 430 g/mol. The second kappa shape index (κ2) is 12.2. The number of likely N-dealkylation sites (tertiary alicyclic amines) is 1. The fourth-order valence-corrected chi connectivity index (χ4v) is 5.41. The van der Waals surface area contributed by atoms with E-state index in [1.54, 1.807) is 4.90 Å². The maximum atomic E-state index is 13.3. The molecule has 34 heavy (non-hydrogen) atoms. The van der Waals surface area contributed by atoms with E-state index >= 15 is 0 Å². The highest BCUT2D eigenvalue weighted by Gasteiger charge is 2.29. The summed E-state index contributed by atoms with van der Waals surface area (Å²) in [6, 6.07) is 8.46. The van der Waals surface area contributed by atoms with Crippen LogP contribution in [0.2, 0.25) is 0 Å². The van der Waals surface area contributed by atoms with Crippen molar-refractivity contribution >= 4 is 17.7 Å². The highest BCUT2D eigenvalue weighted by molar-refractivity contribution is 5.85. The van der Waals surface area contributed by atoms with Crippen molar-refractivity contribution in [2.45, 2.75) is 76.7 Å². The molecule has 0 aromatic heterocycles. The van der Waals surface area contributed by atoms with E-state index in [0.717, 1.165) is 70.2 Å². The summed E-state index contributed by atoms with van der Waals surface area (Å²) in [5, 5.41) is 0. The van der Waals surface area contributed by atoms with Crippen LogP contribution >= 0.6 is 0 Å². The molecule has 7 heteroatoms. The first-order valence-corrected chi connectivity index (χ1v) is 13.2. The Balaban J connectivity index is 1.44. The van der Waals surface area contributed by atoms with Gasteiger partial charge in [0.2, 0.25) is 17.7 Å². The van der Waals surface area contributed by atoms with Gasteiger partial charge < -0.3 is 19.4 Å². The molecule has 3 aliphatic rings. The van der Waals surface area contributed by atoms with Crippen LogP contribution in [0.1, 0.15) is 69.8 Å². The van der Waals surface area contributed by atoms with Gasteiger partial charge in [-0.15, -0.1) is 0 Å². The summed E-state index contributed by atoms with van der Waals surface area (Å²) in [6.07, 6.45) is 9.54. The van der Waals surface area contributed by atoms with E-state index in [9.17, 15) is 14.4 Å². The lowest BCUT2D eigenvalue weighted by molar-refractivity contribution is -0.143. The number of hydrogen-bond acceptors (Lipinski definition) is 4. The molecule has 2 fully saturated rings. The van der Waals surface area contributed by atoms with Crippen LogP contribution in [-0.2, 0) is 20.8 Å². The molecule has 3 amide bonds. The van der Waals surface area contributed by atoms with Gasteiger partial charge in [-0.1, -0.05) is 18.6 Å². The maximum absolute atomic E-state index is 13.3. The fraction of sp³-hybridized carbons (Fsp3) is 0.667. The first-order valence-electron chi connectivity index (χ1n) is 13.2. The third-order valence-corrected chi connectivity index (χ3v) is 7.40. The number of hydrogen-bond donors (Lipinski definition) is 0. The molecule has 0 saturated carbocycles. The summed E-state index contributed by atoms with van der Waals surface area (Å²) in [6.45, 7) is 3.05. The summed E-state index contributed by atoms with van der Waals surface area (Å²) in [5.41, 5.74) is 1.24. The molecule has 3 heterocycles. The lowest BCUT2D eigenvalue weighted by atomic mass is 9.95. The van der Waals surface area contributed by atoms with E-state index < -0.39 is 0 Å². The number of rotatable bonds is 3. The van der Waals surface area contributed by atoms with E-state index in [1.165, 1.54) is 5.56 Å². The van der Waals surface area contributed by atoms with Crippen LogP contribution in [0.15, 0.2) is 24.3 Å². The van der Waals surface area contributed by atoms with E-state index in [1.807, 2.05) is 21.9 Å². The minimum absolute atomic E-state index is 0.0481. The first-order chi connectivity index (χ1) is 16.6. The second-order valence-electron chi connectivity index (χ2n) is 9.88. The number of aryl methyl sites for hydroxylation is 1. The van der Waals surface area contributed by atoms with Crippen molar-refractivity contribution in [3.63, 3.8) is 0 Å². The van der Waals surface area contributed by atoms with Gasteiger partial charge in [-0.25, -0.2) is 0 Å². The smallest absolute Gasteiger partial charge is 0.242 e. The number of nitrogens with zero attached hydrogens (tertiary/aromatic N) is 3. The second-order valence-corrected chi connectivity index (χ2v) is 9.88. The van der Waals surface area contributed by atoms with Crippen LogP contribution in [0.4, 0.5) is 0 Å². The summed E-state index contributed by atoms with van der Waals surface area (Å²) < 4.78 is 5.95. The Morgan fingerprint density at radius 1 is 0.912 bits per heavy atom. The number of benzene rings is 1. The number of amides is 3. The van der Waals surface area contributed by atoms with Gasteiger partial charge in [0.1, 0.15) is 5.75 Å². The van der Waals surface area contributed by atoms with Crippen molar-refractivity contribution in [1.82, 2.24) is 14.7 Å². The van der Waals surface area contributed by atoms with Crippen LogP contribution in [0.5, 0.6) is 5.75 Å². The topological polar surface area (TPSA) is 70.2 Å². The summed E-state index contributed by atoms with van der Waals surface area (Å²) in [5.74, 6) is 1.02. The Hall–Kier alpha value is -2.57. The molecule has 4 rings (SSSR count). The molecule has 1 unspecified atom stereocenters. The van der Waals surface area contributed by atoms with Crippen molar-refractivity contribution in [3.05, 3.63) is 29.8 Å². The van der Waals surface area contributed by atoms with Crippen molar-refractivity contribution in [3.8, 4) is 5.75 Å². The Kier molecular flexibility index (Phi) is 8.83. The highest BCUT2D eigenvalue weighted by atomic mass is 16.5. The van der Waals surface area contributed by atoms with Crippen molar-refractivity contribution < 1.29 is 19.1 Å². The third-order valence-electron chi connectivity index (χ3n) is 7.40. The monoisotopic (exact) mass is 469 g/mol. The van der Waals surface area contributed by atoms with Gasteiger partial charge >= 0.3 is 0 Å². The van der Waals surface area contributed by atoms with Gasteiger partial charge in [-0.2, -0.15) is 0 Å². The van der Waals surface area contributed by atoms with Gasteiger partial charge in [-0.05, 0) is 69.1 Å². The number of carbonyl (C=O) groups is 3. The lowest BCUT2D eigenvalue weighted by Crippen LogP contribution is -2.50. The average molecular weight is 470 g/mol. The predicted octanol–water partition coefficient (Wildman–Crippen LogP) is 3.40. The zero-order valence-electron chi connectivity index (χ0n) is 20.4. The minimum Gasteiger partial charge on any atom is -0.494 e. The molecule has 1 aromatic carbocycles. The molecule has 0 aliphatic carbocycles. The molecule has 7 nitrogen and oxygen atoms in total. The van der Waals surface area contributed by atoms with Crippen LogP contribution in [0.25, 0.3) is 0 Å². The van der Waals surface area contributed by atoms with Gasteiger partial charge in [0.05, 0.1) is 13.2 Å². The largest absolute Gasteiger partial charge is 0.494 e. The molecule has 2 bridgehead atoms. The Morgan fingerprint density at radius 3 is 2.71 bits per heavy atom. The molecular formula is C27H39N3O4. The normalized spacial score (nSPS) is 22.9. The van der Waals surface area contributed by atoms with E-state index in [-0.39, 0.29) is 36.7 Å². The summed E-state index contributed by atoms with van der Waals surface area (Å²) in [7, 11) is 0. The van der Waals surface area contributed by atoms with E-state index in [4.69, 9.17) is 4.74 Å². The Morgan fingerprint density at radius 2 is 1.79 bits per heavy atom. The highest BCUT2D eigenvalue weighted by Crippen LogP contribution is 2.24. The molecule has 2 saturated heterocycles. The zero-order chi connectivity index (χ0) is 23.8. The van der Waals surface area contributed by atoms with Crippen molar-refractivity contribution in [2.75, 3.05) is 39.3 Å². The van der Waals surface area contributed by atoms with Gasteiger partial charge in [0.25, 0.3) is 0 Å². The summed E-state index contributed by atoms with van der Waals surface area (Å²) in [4.78, 5) is 44.4. The van der Waals surface area contributed by atoms with Crippen molar-refractivity contribution in [1.29, 1.82) is 0 Å². The predicted molar refractivity (Wildman–Crippen MR) is 130 cm³/mol. The zero-order valence-corrected chi connectivity index (χ0v) is 20.4. The van der Waals surface area contributed by atoms with Crippen LogP contribution in [0.3, 0.4) is 0 Å². The van der Waals surface area contributed by atoms with Crippen LogP contribution in [-0.4, -0.2) is 77.8 Å². The maximum Gasteiger partial charge on any atom is 0.242 e. The average Bonchev–Trinajstić information content (AvgIpc) is 3.06. The number of ether oxygens (including phenoxy) is 1. The van der Waals surface area contributed by atoms with Crippen LogP contribution < -0.4 is 4.74 Å². The third kappa shape index (κ3) is 6.73. The lowest BCUT2D eigenvalue weighted by Gasteiger charge is -2.37. The van der Waals surface area contributed by atoms with E-state index in [2.05, 4.69) is 12.1 Å². The molecule has 1 atom stereocenters. The minimum atomic E-state index is -0.0481. The van der Waals surface area contributed by atoms with Gasteiger partial charge in [-0.3, -0.25) is 14.4 Å². The molecule has 0 spiro atoms. The number of carbonyl (C=O) groups excluding carboxylic acids is 3. The summed E-state index contributed by atoms with van der Waals surface area (Å²) >= 11 is 0. The Labute approximate surface area is 203 Å². The van der Waals surface area contributed by atoms with Crippen LogP contribution in [0, 0.1) is 0 Å². The first kappa shape index (κ1) is 24.6. The number of piperidine rings is 1. The van der Waals surface area contributed by atoms with Gasteiger partial charge in [0.15, 0.2) is 0 Å². The molecule has 186 valence electrons. The molecule has 1 aromatic rings. The van der Waals surface area contributed by atoms with Crippen molar-refractivity contribution in [2.24, 2.45) is 0 Å². The molecule has 0 N–H and O–H groups in total. The van der Waals surface area contributed by atoms with Gasteiger partial charge in [0, 0.05) is 45.1 Å². The fourth-order valence-electron chi connectivity index (χ4n) is 5.41. The number of fused-ring (bicyclic) bond motifs is 3.